The molecule has 0 aliphatic heterocycles. The van der Waals surface area contributed by atoms with E-state index in [1.807, 2.05) is 13.8 Å². The quantitative estimate of drug-likeness (QED) is 0.223. The maximum atomic E-state index is 11.5. The highest BCUT2D eigenvalue weighted by atomic mass is 127. The van der Waals surface area contributed by atoms with E-state index in [1.165, 1.54) is 11.1 Å². The normalized spacial score (nSPS) is 11.3. The third-order valence-electron chi connectivity index (χ3n) is 4.05. The highest BCUT2D eigenvalue weighted by Crippen LogP contribution is 2.15. The first-order valence-corrected chi connectivity index (χ1v) is 9.25. The summed E-state index contributed by atoms with van der Waals surface area (Å²) >= 11 is 0. The van der Waals surface area contributed by atoms with Crippen LogP contribution < -0.4 is 16.0 Å². The van der Waals surface area contributed by atoms with Gasteiger partial charge in [0.1, 0.15) is 0 Å². The Hall–Kier alpha value is -1.31. The van der Waals surface area contributed by atoms with Crippen molar-refractivity contribution in [2.45, 2.75) is 46.5 Å². The van der Waals surface area contributed by atoms with E-state index in [0.29, 0.717) is 19.0 Å². The monoisotopic (exact) mass is 474 g/mol. The SMILES string of the molecule is CN=C(NCCCc1ccc(C(C)C)cc1)NCCNC(=O)C(C)C.I. The second-order valence-corrected chi connectivity index (χ2v) is 6.87. The van der Waals surface area contributed by atoms with E-state index in [2.05, 4.69) is 59.1 Å². The minimum Gasteiger partial charge on any atom is -0.356 e. The minimum absolute atomic E-state index is 0. The molecule has 6 heteroatoms. The van der Waals surface area contributed by atoms with Gasteiger partial charge >= 0.3 is 0 Å². The Labute approximate surface area is 175 Å². The van der Waals surface area contributed by atoms with Gasteiger partial charge in [-0.2, -0.15) is 0 Å². The second kappa shape index (κ2) is 13.8. The summed E-state index contributed by atoms with van der Waals surface area (Å²) in [4.78, 5) is 15.7. The first-order chi connectivity index (χ1) is 11.9. The average molecular weight is 474 g/mol. The van der Waals surface area contributed by atoms with Gasteiger partial charge in [0, 0.05) is 32.6 Å². The Kier molecular flexibility index (Phi) is 13.1. The summed E-state index contributed by atoms with van der Waals surface area (Å²) in [6, 6.07) is 8.89. The number of carbonyl (C=O) groups is 1. The van der Waals surface area contributed by atoms with Gasteiger partial charge in [0.15, 0.2) is 5.96 Å². The Morgan fingerprint density at radius 1 is 0.962 bits per heavy atom. The minimum atomic E-state index is 0. The van der Waals surface area contributed by atoms with Gasteiger partial charge in [-0.3, -0.25) is 9.79 Å². The van der Waals surface area contributed by atoms with Crippen molar-refractivity contribution in [2.24, 2.45) is 10.9 Å². The van der Waals surface area contributed by atoms with Crippen LogP contribution in [0.4, 0.5) is 0 Å². The summed E-state index contributed by atoms with van der Waals surface area (Å²) in [7, 11) is 1.76. The molecule has 0 heterocycles. The molecule has 1 aromatic rings. The molecule has 0 bridgehead atoms. The summed E-state index contributed by atoms with van der Waals surface area (Å²) in [5, 5.41) is 9.39. The van der Waals surface area contributed by atoms with Crippen molar-refractivity contribution in [3.63, 3.8) is 0 Å². The van der Waals surface area contributed by atoms with Crippen molar-refractivity contribution in [3.8, 4) is 0 Å². The van der Waals surface area contributed by atoms with Crippen LogP contribution in [0.5, 0.6) is 0 Å². The lowest BCUT2D eigenvalue weighted by Gasteiger charge is -2.13. The third-order valence-corrected chi connectivity index (χ3v) is 4.05. The number of hydrogen-bond acceptors (Lipinski definition) is 2. The molecule has 26 heavy (non-hydrogen) atoms. The smallest absolute Gasteiger partial charge is 0.222 e. The molecule has 0 fully saturated rings. The summed E-state index contributed by atoms with van der Waals surface area (Å²) in [5.74, 6) is 1.45. The fourth-order valence-electron chi connectivity index (χ4n) is 2.36. The van der Waals surface area contributed by atoms with Crippen LogP contribution in [0, 0.1) is 5.92 Å². The van der Waals surface area contributed by atoms with E-state index in [9.17, 15) is 4.79 Å². The lowest BCUT2D eigenvalue weighted by Crippen LogP contribution is -2.42. The summed E-state index contributed by atoms with van der Waals surface area (Å²) < 4.78 is 0. The second-order valence-electron chi connectivity index (χ2n) is 6.87. The average Bonchev–Trinajstić information content (AvgIpc) is 2.60. The number of aryl methyl sites for hydroxylation is 1. The Bertz CT molecular complexity index is 541. The van der Waals surface area contributed by atoms with Gasteiger partial charge in [0.25, 0.3) is 0 Å². The number of nitrogens with one attached hydrogen (secondary N) is 3. The van der Waals surface area contributed by atoms with E-state index < -0.39 is 0 Å². The highest BCUT2D eigenvalue weighted by molar-refractivity contribution is 14.0. The lowest BCUT2D eigenvalue weighted by atomic mass is 10.0. The lowest BCUT2D eigenvalue weighted by molar-refractivity contribution is -0.123. The number of hydrogen-bond donors (Lipinski definition) is 3. The molecule has 0 spiro atoms. The summed E-state index contributed by atoms with van der Waals surface area (Å²) in [6.45, 7) is 10.3. The van der Waals surface area contributed by atoms with Crippen molar-refractivity contribution in [1.29, 1.82) is 0 Å². The van der Waals surface area contributed by atoms with Crippen LogP contribution >= 0.6 is 24.0 Å². The van der Waals surface area contributed by atoms with E-state index in [1.54, 1.807) is 7.05 Å². The molecule has 148 valence electrons. The third kappa shape index (κ3) is 9.99. The topological polar surface area (TPSA) is 65.5 Å². The first kappa shape index (κ1) is 24.7. The highest BCUT2D eigenvalue weighted by Gasteiger charge is 2.05. The van der Waals surface area contributed by atoms with E-state index in [4.69, 9.17) is 0 Å². The summed E-state index contributed by atoms with van der Waals surface area (Å²) in [5.41, 5.74) is 2.75. The van der Waals surface area contributed by atoms with Crippen LogP contribution in [0.3, 0.4) is 0 Å². The summed E-state index contributed by atoms with van der Waals surface area (Å²) in [6.07, 6.45) is 2.10. The van der Waals surface area contributed by atoms with Crippen LogP contribution in [0.2, 0.25) is 0 Å². The predicted octanol–water partition coefficient (Wildman–Crippen LogP) is 3.30. The van der Waals surface area contributed by atoms with Crippen LogP contribution in [-0.2, 0) is 11.2 Å². The van der Waals surface area contributed by atoms with Crippen molar-refractivity contribution < 1.29 is 4.79 Å². The van der Waals surface area contributed by atoms with E-state index in [0.717, 1.165) is 25.3 Å². The van der Waals surface area contributed by atoms with Gasteiger partial charge in [0.05, 0.1) is 0 Å². The van der Waals surface area contributed by atoms with Crippen molar-refractivity contribution in [1.82, 2.24) is 16.0 Å². The van der Waals surface area contributed by atoms with Crippen LogP contribution in [0.1, 0.15) is 51.2 Å². The van der Waals surface area contributed by atoms with Crippen LogP contribution in [0.25, 0.3) is 0 Å². The first-order valence-electron chi connectivity index (χ1n) is 9.25. The number of rotatable bonds is 9. The maximum absolute atomic E-state index is 11.5. The maximum Gasteiger partial charge on any atom is 0.222 e. The van der Waals surface area contributed by atoms with Gasteiger partial charge in [0.2, 0.25) is 5.91 Å². The molecular formula is C20H35IN4O. The standard InChI is InChI=1S/C20H34N4O.HI/c1-15(2)18-10-8-17(9-11-18)7-6-12-23-20(21-5)24-14-13-22-19(25)16(3)4;/h8-11,15-16H,6-7,12-14H2,1-5H3,(H,22,25)(H2,21,23,24);1H. The molecular weight excluding hydrogens is 439 g/mol. The molecule has 0 radical (unpaired) electrons. The zero-order chi connectivity index (χ0) is 18.7. The molecule has 1 rings (SSSR count). The van der Waals surface area contributed by atoms with Gasteiger partial charge in [-0.05, 0) is 29.9 Å². The number of aliphatic imine (C=N–C) groups is 1. The number of halogens is 1. The molecule has 0 saturated carbocycles. The van der Waals surface area contributed by atoms with E-state index >= 15 is 0 Å². The zero-order valence-electron chi connectivity index (χ0n) is 16.8. The molecule has 0 unspecified atom stereocenters. The fourth-order valence-corrected chi connectivity index (χ4v) is 2.36. The molecule has 0 aromatic heterocycles. The Balaban J connectivity index is 0.00000625. The fraction of sp³-hybridized carbons (Fsp3) is 0.600. The number of nitrogens with zero attached hydrogens (tertiary/aromatic N) is 1. The van der Waals surface area contributed by atoms with E-state index in [-0.39, 0.29) is 35.8 Å². The van der Waals surface area contributed by atoms with Crippen molar-refractivity contribution in [2.75, 3.05) is 26.7 Å². The molecule has 0 aliphatic carbocycles. The van der Waals surface area contributed by atoms with Gasteiger partial charge in [-0.25, -0.2) is 0 Å². The number of amides is 1. The molecule has 0 saturated heterocycles. The Morgan fingerprint density at radius 3 is 2.08 bits per heavy atom. The molecule has 1 aromatic carbocycles. The number of carbonyl (C=O) groups excluding carboxylic acids is 1. The van der Waals surface area contributed by atoms with Gasteiger partial charge < -0.3 is 16.0 Å². The van der Waals surface area contributed by atoms with Crippen LogP contribution in [0.15, 0.2) is 29.3 Å². The number of guanidine groups is 1. The number of benzene rings is 1. The van der Waals surface area contributed by atoms with Gasteiger partial charge in [-0.15, -0.1) is 24.0 Å². The van der Waals surface area contributed by atoms with Crippen molar-refractivity contribution >= 4 is 35.8 Å². The Morgan fingerprint density at radius 2 is 1.54 bits per heavy atom. The predicted molar refractivity (Wildman–Crippen MR) is 121 cm³/mol. The molecule has 1 amide bonds. The molecule has 0 atom stereocenters. The van der Waals surface area contributed by atoms with Gasteiger partial charge in [-0.1, -0.05) is 52.0 Å². The largest absolute Gasteiger partial charge is 0.356 e. The molecule has 5 nitrogen and oxygen atoms in total. The zero-order valence-corrected chi connectivity index (χ0v) is 19.1. The van der Waals surface area contributed by atoms with Crippen LogP contribution in [-0.4, -0.2) is 38.5 Å². The molecule has 3 N–H and O–H groups in total. The van der Waals surface area contributed by atoms with Crippen molar-refractivity contribution in [3.05, 3.63) is 35.4 Å². The molecule has 0 aliphatic rings.